The van der Waals surface area contributed by atoms with Crippen molar-refractivity contribution < 1.29 is 23.0 Å². The molecule has 1 unspecified atom stereocenters. The summed E-state index contributed by atoms with van der Waals surface area (Å²) in [6, 6.07) is 6.12. The second-order valence-electron chi connectivity index (χ2n) is 4.93. The molecule has 1 aromatic carbocycles. The number of esters is 1. The van der Waals surface area contributed by atoms with E-state index >= 15 is 0 Å². The van der Waals surface area contributed by atoms with Crippen molar-refractivity contribution in [3.8, 4) is 5.75 Å². The molecule has 20 heavy (non-hydrogen) atoms. The third-order valence-electron chi connectivity index (χ3n) is 2.88. The molecule has 4 nitrogen and oxygen atoms in total. The smallest absolute Gasteiger partial charge is 0.387 e. The number of ether oxygens (including phenoxy) is 2. The molecule has 0 amide bonds. The van der Waals surface area contributed by atoms with Gasteiger partial charge in [0.15, 0.2) is 0 Å². The van der Waals surface area contributed by atoms with E-state index in [9.17, 15) is 13.6 Å². The fourth-order valence-electron chi connectivity index (χ4n) is 1.88. The van der Waals surface area contributed by atoms with E-state index in [1.807, 2.05) is 6.92 Å². The SMILES string of the molecule is COC(=O)C(C)(C)NC(C)c1ccc(OC(F)F)cc1. The molecule has 0 bridgehead atoms. The lowest BCUT2D eigenvalue weighted by Gasteiger charge is -2.27. The molecule has 0 aromatic heterocycles. The topological polar surface area (TPSA) is 47.6 Å². The molecular formula is C14H19F2NO3. The van der Waals surface area contributed by atoms with Crippen LogP contribution in [-0.4, -0.2) is 25.2 Å². The van der Waals surface area contributed by atoms with Crippen LogP contribution in [0.3, 0.4) is 0 Å². The van der Waals surface area contributed by atoms with Crippen LogP contribution >= 0.6 is 0 Å². The van der Waals surface area contributed by atoms with Crippen molar-refractivity contribution in [2.45, 2.75) is 39.0 Å². The van der Waals surface area contributed by atoms with Crippen LogP contribution in [0.1, 0.15) is 32.4 Å². The second kappa shape index (κ2) is 6.65. The minimum Gasteiger partial charge on any atom is -0.468 e. The second-order valence-corrected chi connectivity index (χ2v) is 4.93. The number of hydrogen-bond donors (Lipinski definition) is 1. The van der Waals surface area contributed by atoms with E-state index in [0.717, 1.165) is 5.56 Å². The van der Waals surface area contributed by atoms with Gasteiger partial charge in [-0.15, -0.1) is 0 Å². The van der Waals surface area contributed by atoms with Crippen LogP contribution in [-0.2, 0) is 9.53 Å². The molecule has 0 aliphatic heterocycles. The van der Waals surface area contributed by atoms with E-state index in [2.05, 4.69) is 10.1 Å². The number of nitrogens with one attached hydrogen (secondary N) is 1. The number of methoxy groups -OCH3 is 1. The Morgan fingerprint density at radius 1 is 1.25 bits per heavy atom. The van der Waals surface area contributed by atoms with Gasteiger partial charge in [0.05, 0.1) is 7.11 Å². The van der Waals surface area contributed by atoms with E-state index < -0.39 is 12.2 Å². The van der Waals surface area contributed by atoms with Gasteiger partial charge >= 0.3 is 12.6 Å². The number of hydrogen-bond acceptors (Lipinski definition) is 4. The van der Waals surface area contributed by atoms with Crippen molar-refractivity contribution in [2.75, 3.05) is 7.11 Å². The zero-order valence-electron chi connectivity index (χ0n) is 11.9. The normalized spacial score (nSPS) is 13.2. The minimum atomic E-state index is -2.84. The van der Waals surface area contributed by atoms with E-state index in [0.29, 0.717) is 0 Å². The average molecular weight is 287 g/mol. The van der Waals surface area contributed by atoms with Gasteiger partial charge in [0, 0.05) is 6.04 Å². The summed E-state index contributed by atoms with van der Waals surface area (Å²) in [5, 5.41) is 3.12. The fourth-order valence-corrected chi connectivity index (χ4v) is 1.88. The highest BCUT2D eigenvalue weighted by atomic mass is 19.3. The molecule has 1 aromatic rings. The molecule has 1 N–H and O–H groups in total. The Balaban J connectivity index is 2.73. The first kappa shape index (κ1) is 16.4. The molecule has 0 saturated heterocycles. The molecule has 0 heterocycles. The molecule has 1 atom stereocenters. The lowest BCUT2D eigenvalue weighted by atomic mass is 10.0. The monoisotopic (exact) mass is 287 g/mol. The highest BCUT2D eigenvalue weighted by Crippen LogP contribution is 2.21. The molecule has 0 spiro atoms. The largest absolute Gasteiger partial charge is 0.468 e. The van der Waals surface area contributed by atoms with Crippen molar-refractivity contribution in [1.82, 2.24) is 5.32 Å². The van der Waals surface area contributed by atoms with Gasteiger partial charge in [-0.1, -0.05) is 12.1 Å². The third-order valence-corrected chi connectivity index (χ3v) is 2.88. The molecule has 0 aliphatic rings. The van der Waals surface area contributed by atoms with Crippen LogP contribution in [0.4, 0.5) is 8.78 Å². The fraction of sp³-hybridized carbons (Fsp3) is 0.500. The lowest BCUT2D eigenvalue weighted by molar-refractivity contribution is -0.147. The van der Waals surface area contributed by atoms with E-state index in [1.165, 1.54) is 19.2 Å². The van der Waals surface area contributed by atoms with Gasteiger partial charge < -0.3 is 9.47 Å². The van der Waals surface area contributed by atoms with Crippen LogP contribution < -0.4 is 10.1 Å². The predicted molar refractivity (Wildman–Crippen MR) is 70.7 cm³/mol. The summed E-state index contributed by atoms with van der Waals surface area (Å²) in [4.78, 5) is 11.6. The zero-order valence-corrected chi connectivity index (χ0v) is 11.9. The first-order chi connectivity index (χ1) is 9.26. The molecular weight excluding hydrogens is 268 g/mol. The van der Waals surface area contributed by atoms with Crippen LogP contribution in [0.25, 0.3) is 0 Å². The van der Waals surface area contributed by atoms with E-state index in [1.54, 1.807) is 26.0 Å². The van der Waals surface area contributed by atoms with Gasteiger partial charge in [-0.25, -0.2) is 0 Å². The maximum Gasteiger partial charge on any atom is 0.387 e. The Bertz CT molecular complexity index is 446. The average Bonchev–Trinajstić information content (AvgIpc) is 2.37. The van der Waals surface area contributed by atoms with Gasteiger partial charge in [-0.05, 0) is 38.5 Å². The van der Waals surface area contributed by atoms with Gasteiger partial charge in [0.2, 0.25) is 0 Å². The Morgan fingerprint density at radius 3 is 2.25 bits per heavy atom. The number of halogens is 2. The standard InChI is InChI=1S/C14H19F2NO3/c1-9(17-14(2,3)12(18)19-4)10-5-7-11(8-6-10)20-13(15)16/h5-9,13,17H,1-4H3. The summed E-state index contributed by atoms with van der Waals surface area (Å²) in [6.45, 7) is 2.45. The zero-order chi connectivity index (χ0) is 15.3. The Kier molecular flexibility index (Phi) is 5.44. The third kappa shape index (κ3) is 4.45. The van der Waals surface area contributed by atoms with Crippen LogP contribution in [0.15, 0.2) is 24.3 Å². The van der Waals surface area contributed by atoms with Crippen LogP contribution in [0.5, 0.6) is 5.75 Å². The van der Waals surface area contributed by atoms with Crippen molar-refractivity contribution in [2.24, 2.45) is 0 Å². The Morgan fingerprint density at radius 2 is 1.80 bits per heavy atom. The number of benzene rings is 1. The maximum atomic E-state index is 12.0. The van der Waals surface area contributed by atoms with E-state index in [-0.39, 0.29) is 17.8 Å². The van der Waals surface area contributed by atoms with Gasteiger partial charge in [-0.2, -0.15) is 8.78 Å². The van der Waals surface area contributed by atoms with Gasteiger partial charge in [-0.3, -0.25) is 10.1 Å². The van der Waals surface area contributed by atoms with Gasteiger partial charge in [0.1, 0.15) is 11.3 Å². The lowest BCUT2D eigenvalue weighted by Crippen LogP contribution is -2.48. The van der Waals surface area contributed by atoms with Gasteiger partial charge in [0.25, 0.3) is 0 Å². The van der Waals surface area contributed by atoms with Crippen LogP contribution in [0.2, 0.25) is 0 Å². The summed E-state index contributed by atoms with van der Waals surface area (Å²) in [5.41, 5.74) is 0.00959. The first-order valence-electron chi connectivity index (χ1n) is 6.17. The molecule has 0 fully saturated rings. The van der Waals surface area contributed by atoms with E-state index in [4.69, 9.17) is 4.74 Å². The quantitative estimate of drug-likeness (QED) is 0.817. The molecule has 6 heteroatoms. The minimum absolute atomic E-state index is 0.100. The molecule has 1 rings (SSSR count). The Hall–Kier alpha value is -1.69. The van der Waals surface area contributed by atoms with Crippen molar-refractivity contribution >= 4 is 5.97 Å². The summed E-state index contributed by atoms with van der Waals surface area (Å²) in [7, 11) is 1.33. The Labute approximate surface area is 117 Å². The highest BCUT2D eigenvalue weighted by molar-refractivity contribution is 5.79. The van der Waals surface area contributed by atoms with Crippen molar-refractivity contribution in [1.29, 1.82) is 0 Å². The summed E-state index contributed by atoms with van der Waals surface area (Å²) >= 11 is 0. The van der Waals surface area contributed by atoms with Crippen molar-refractivity contribution in [3.63, 3.8) is 0 Å². The number of alkyl halides is 2. The number of carbonyl (C=O) groups is 1. The van der Waals surface area contributed by atoms with Crippen molar-refractivity contribution in [3.05, 3.63) is 29.8 Å². The summed E-state index contributed by atoms with van der Waals surface area (Å²) in [6.07, 6.45) is 0. The highest BCUT2D eigenvalue weighted by Gasteiger charge is 2.30. The maximum absolute atomic E-state index is 12.0. The first-order valence-corrected chi connectivity index (χ1v) is 6.17. The summed E-state index contributed by atoms with van der Waals surface area (Å²) in [5.74, 6) is -0.273. The molecule has 112 valence electrons. The predicted octanol–water partition coefficient (Wildman–Crippen LogP) is 2.89. The molecule has 0 aliphatic carbocycles. The molecule has 0 saturated carbocycles. The number of rotatable bonds is 6. The van der Waals surface area contributed by atoms with Crippen LogP contribution in [0, 0.1) is 0 Å². The number of carbonyl (C=O) groups excluding carboxylic acids is 1. The molecule has 0 radical (unpaired) electrons. The summed E-state index contributed by atoms with van der Waals surface area (Å²) < 4.78 is 33.1.